The normalized spacial score (nSPS) is 10.6. The van der Waals surface area contributed by atoms with E-state index in [0.717, 1.165) is 17.5 Å². The van der Waals surface area contributed by atoms with Crippen LogP contribution >= 0.6 is 0 Å². The second-order valence-corrected chi connectivity index (χ2v) is 9.35. The monoisotopic (exact) mass is 459 g/mol. The van der Waals surface area contributed by atoms with Crippen molar-refractivity contribution in [3.8, 4) is 11.1 Å². The largest absolute Gasteiger partial charge is 0.478 e. The molecular formula is C30H37NO3. The summed E-state index contributed by atoms with van der Waals surface area (Å²) in [6.45, 7) is 8.66. The first-order valence-electron chi connectivity index (χ1n) is 11.8. The van der Waals surface area contributed by atoms with Gasteiger partial charge < -0.3 is 10.0 Å². The van der Waals surface area contributed by atoms with Gasteiger partial charge in [-0.15, -0.1) is 0 Å². The van der Waals surface area contributed by atoms with Crippen LogP contribution in [-0.2, 0) is 11.2 Å². The molecule has 0 unspecified atom stereocenters. The fourth-order valence-corrected chi connectivity index (χ4v) is 3.49. The second kappa shape index (κ2) is 12.7. The molecule has 0 aliphatic rings. The standard InChI is InChI=1S/C16H16O2.C14H21NO/c1-11(2)12-5-3-6-13(9-12)14-7-4-8-15(10-14)16(17)18;1-11(2)13-7-5-6-12(10-13)8-9-14(16)15(3)4/h3-11H,1-2H3,(H,17,18);5-7,10-11H,8-9H2,1-4H3. The Balaban J connectivity index is 0.000000242. The highest BCUT2D eigenvalue weighted by atomic mass is 16.4. The van der Waals surface area contributed by atoms with Crippen molar-refractivity contribution in [2.75, 3.05) is 14.1 Å². The molecule has 3 aromatic carbocycles. The van der Waals surface area contributed by atoms with E-state index < -0.39 is 5.97 Å². The van der Waals surface area contributed by atoms with Gasteiger partial charge in [-0.1, -0.05) is 88.4 Å². The van der Waals surface area contributed by atoms with Crippen LogP contribution in [0.3, 0.4) is 0 Å². The summed E-state index contributed by atoms with van der Waals surface area (Å²) in [5.41, 5.74) is 6.17. The Morgan fingerprint density at radius 3 is 1.85 bits per heavy atom. The fourth-order valence-electron chi connectivity index (χ4n) is 3.49. The highest BCUT2D eigenvalue weighted by Crippen LogP contribution is 2.24. The highest BCUT2D eigenvalue weighted by Gasteiger charge is 2.07. The van der Waals surface area contributed by atoms with Crippen LogP contribution in [0.5, 0.6) is 0 Å². The summed E-state index contributed by atoms with van der Waals surface area (Å²) in [5.74, 6) is 0.309. The topological polar surface area (TPSA) is 57.6 Å². The lowest BCUT2D eigenvalue weighted by Gasteiger charge is -2.11. The lowest BCUT2D eigenvalue weighted by Crippen LogP contribution is -2.21. The van der Waals surface area contributed by atoms with Crippen molar-refractivity contribution in [1.82, 2.24) is 4.90 Å². The average molecular weight is 460 g/mol. The van der Waals surface area contributed by atoms with Crippen molar-refractivity contribution < 1.29 is 14.7 Å². The Labute approximate surface area is 204 Å². The second-order valence-electron chi connectivity index (χ2n) is 9.35. The summed E-state index contributed by atoms with van der Waals surface area (Å²) in [6.07, 6.45) is 1.42. The molecule has 0 aromatic heterocycles. The van der Waals surface area contributed by atoms with Gasteiger partial charge in [0.1, 0.15) is 0 Å². The van der Waals surface area contributed by atoms with Crippen molar-refractivity contribution in [2.45, 2.75) is 52.4 Å². The maximum Gasteiger partial charge on any atom is 0.335 e. The number of nitrogens with zero attached hydrogens (tertiary/aromatic N) is 1. The van der Waals surface area contributed by atoms with Crippen molar-refractivity contribution in [1.29, 1.82) is 0 Å². The molecule has 0 aliphatic carbocycles. The van der Waals surface area contributed by atoms with Crippen molar-refractivity contribution in [3.05, 3.63) is 95.1 Å². The number of carbonyl (C=O) groups excluding carboxylic acids is 1. The van der Waals surface area contributed by atoms with E-state index in [2.05, 4.69) is 64.1 Å². The summed E-state index contributed by atoms with van der Waals surface area (Å²) < 4.78 is 0. The van der Waals surface area contributed by atoms with Gasteiger partial charge in [0.05, 0.1) is 5.56 Å². The van der Waals surface area contributed by atoms with Crippen LogP contribution in [0.15, 0.2) is 72.8 Å². The van der Waals surface area contributed by atoms with Gasteiger partial charge >= 0.3 is 5.97 Å². The molecule has 0 aliphatic heterocycles. The van der Waals surface area contributed by atoms with E-state index in [0.29, 0.717) is 23.8 Å². The first-order chi connectivity index (χ1) is 16.1. The van der Waals surface area contributed by atoms with Gasteiger partial charge in [0.25, 0.3) is 0 Å². The van der Waals surface area contributed by atoms with Gasteiger partial charge in [-0.2, -0.15) is 0 Å². The van der Waals surface area contributed by atoms with E-state index in [9.17, 15) is 9.59 Å². The fraction of sp³-hybridized carbons (Fsp3) is 0.333. The minimum atomic E-state index is -0.892. The van der Waals surface area contributed by atoms with Crippen LogP contribution in [0.1, 0.15) is 73.0 Å². The SMILES string of the molecule is CC(C)c1cccc(-c2cccc(C(=O)O)c2)c1.CC(C)c1cccc(CCC(=O)N(C)C)c1. The number of amides is 1. The van der Waals surface area contributed by atoms with Crippen molar-refractivity contribution in [3.63, 3.8) is 0 Å². The van der Waals surface area contributed by atoms with Gasteiger partial charge in [-0.3, -0.25) is 4.79 Å². The number of carbonyl (C=O) groups is 2. The van der Waals surface area contributed by atoms with Gasteiger partial charge in [-0.05, 0) is 58.2 Å². The minimum absolute atomic E-state index is 0.190. The molecule has 0 saturated heterocycles. The Bertz CT molecular complexity index is 1100. The van der Waals surface area contributed by atoms with Gasteiger partial charge in [-0.25, -0.2) is 4.79 Å². The lowest BCUT2D eigenvalue weighted by molar-refractivity contribution is -0.128. The third-order valence-corrected chi connectivity index (χ3v) is 5.74. The Hall–Kier alpha value is -3.40. The number of aromatic carboxylic acids is 1. The zero-order valence-electron chi connectivity index (χ0n) is 21.2. The highest BCUT2D eigenvalue weighted by molar-refractivity contribution is 5.89. The van der Waals surface area contributed by atoms with Crippen LogP contribution < -0.4 is 0 Å². The summed E-state index contributed by atoms with van der Waals surface area (Å²) in [5, 5.41) is 9.00. The lowest BCUT2D eigenvalue weighted by atomic mass is 9.97. The quantitative estimate of drug-likeness (QED) is 0.413. The Kier molecular flexibility index (Phi) is 10.1. The van der Waals surface area contributed by atoms with Crippen LogP contribution in [-0.4, -0.2) is 36.0 Å². The predicted molar refractivity (Wildman–Crippen MR) is 140 cm³/mol. The molecular weight excluding hydrogens is 422 g/mol. The molecule has 3 aromatic rings. The van der Waals surface area contributed by atoms with Crippen LogP contribution in [0.25, 0.3) is 11.1 Å². The zero-order chi connectivity index (χ0) is 25.3. The van der Waals surface area contributed by atoms with Crippen molar-refractivity contribution in [2.24, 2.45) is 0 Å². The van der Waals surface area contributed by atoms with E-state index in [1.165, 1.54) is 16.7 Å². The molecule has 4 nitrogen and oxygen atoms in total. The van der Waals surface area contributed by atoms with Crippen LogP contribution in [0, 0.1) is 0 Å². The van der Waals surface area contributed by atoms with Crippen molar-refractivity contribution >= 4 is 11.9 Å². The maximum atomic E-state index is 11.5. The van der Waals surface area contributed by atoms with Gasteiger partial charge in [0.15, 0.2) is 0 Å². The Morgan fingerprint density at radius 1 is 0.765 bits per heavy atom. The molecule has 3 rings (SSSR count). The summed E-state index contributed by atoms with van der Waals surface area (Å²) in [7, 11) is 3.60. The van der Waals surface area contributed by atoms with Gasteiger partial charge in [0, 0.05) is 20.5 Å². The third-order valence-electron chi connectivity index (χ3n) is 5.74. The molecule has 180 valence electrons. The number of hydrogen-bond acceptors (Lipinski definition) is 2. The number of aryl methyl sites for hydroxylation is 1. The van der Waals surface area contributed by atoms with E-state index in [4.69, 9.17) is 5.11 Å². The molecule has 0 spiro atoms. The van der Waals surface area contributed by atoms with Crippen LogP contribution in [0.2, 0.25) is 0 Å². The first kappa shape index (κ1) is 26.8. The zero-order valence-corrected chi connectivity index (χ0v) is 21.2. The number of hydrogen-bond donors (Lipinski definition) is 1. The summed E-state index contributed by atoms with van der Waals surface area (Å²) in [4.78, 5) is 24.1. The maximum absolute atomic E-state index is 11.5. The number of carboxylic acids is 1. The summed E-state index contributed by atoms with van der Waals surface area (Å²) in [6, 6.07) is 23.8. The van der Waals surface area contributed by atoms with E-state index in [1.54, 1.807) is 37.2 Å². The number of rotatable bonds is 7. The smallest absolute Gasteiger partial charge is 0.335 e. The molecule has 1 amide bonds. The molecule has 1 N–H and O–H groups in total. The molecule has 0 saturated carbocycles. The predicted octanol–water partition coefficient (Wildman–Crippen LogP) is 7.01. The first-order valence-corrected chi connectivity index (χ1v) is 11.8. The minimum Gasteiger partial charge on any atom is -0.478 e. The third kappa shape index (κ3) is 8.18. The van der Waals surface area contributed by atoms with E-state index in [1.807, 2.05) is 18.2 Å². The van der Waals surface area contributed by atoms with Crippen LogP contribution in [0.4, 0.5) is 0 Å². The Morgan fingerprint density at radius 2 is 1.29 bits per heavy atom. The summed E-state index contributed by atoms with van der Waals surface area (Å²) >= 11 is 0. The molecule has 0 radical (unpaired) electrons. The molecule has 0 fully saturated rings. The molecule has 0 heterocycles. The van der Waals surface area contributed by atoms with E-state index >= 15 is 0 Å². The molecule has 34 heavy (non-hydrogen) atoms. The van der Waals surface area contributed by atoms with Gasteiger partial charge in [0.2, 0.25) is 5.91 Å². The van der Waals surface area contributed by atoms with E-state index in [-0.39, 0.29) is 5.91 Å². The number of benzene rings is 3. The average Bonchev–Trinajstić information content (AvgIpc) is 2.83. The molecule has 0 bridgehead atoms. The molecule has 4 heteroatoms. The molecule has 0 atom stereocenters. The number of carboxylic acid groups (broad SMARTS) is 1.